The molecule has 2 atom stereocenters. The number of hydrogen-bond acceptors (Lipinski definition) is 3. The zero-order valence-corrected chi connectivity index (χ0v) is 12.5. The zero-order chi connectivity index (χ0) is 14.7. The van der Waals surface area contributed by atoms with Gasteiger partial charge in [-0.15, -0.1) is 0 Å². The Hall–Kier alpha value is -1.75. The van der Waals surface area contributed by atoms with E-state index in [9.17, 15) is 4.79 Å². The predicted octanol–water partition coefficient (Wildman–Crippen LogP) is 0.489. The van der Waals surface area contributed by atoms with Crippen LogP contribution in [0.5, 0.6) is 11.5 Å². The third kappa shape index (κ3) is 3.47. The summed E-state index contributed by atoms with van der Waals surface area (Å²) in [4.78, 5) is 13.5. The largest absolute Gasteiger partial charge is 0.454 e. The molecular weight excluding hydrogens is 268 g/mol. The zero-order valence-electron chi connectivity index (χ0n) is 12.5. The van der Waals surface area contributed by atoms with Gasteiger partial charge in [-0.3, -0.25) is 4.79 Å². The highest BCUT2D eigenvalue weighted by Gasteiger charge is 2.24. The highest BCUT2D eigenvalue weighted by Crippen LogP contribution is 2.32. The number of likely N-dealkylation sites (tertiary alicyclic amines) is 1. The van der Waals surface area contributed by atoms with Crippen molar-refractivity contribution in [1.29, 1.82) is 0 Å². The van der Waals surface area contributed by atoms with Crippen molar-refractivity contribution in [3.05, 3.63) is 23.8 Å². The summed E-state index contributed by atoms with van der Waals surface area (Å²) in [6.07, 6.45) is 3.75. The number of carbonyl (C=O) groups excluding carboxylic acids is 1. The molecule has 0 aromatic heterocycles. The quantitative estimate of drug-likeness (QED) is 0.849. The lowest BCUT2D eigenvalue weighted by molar-refractivity contribution is -0.921. The summed E-state index contributed by atoms with van der Waals surface area (Å²) < 4.78 is 10.6. The van der Waals surface area contributed by atoms with Crippen LogP contribution in [0.2, 0.25) is 0 Å². The van der Waals surface area contributed by atoms with Crippen LogP contribution in [0, 0.1) is 0 Å². The fourth-order valence-corrected chi connectivity index (χ4v) is 3.04. The molecule has 1 saturated heterocycles. The van der Waals surface area contributed by atoms with Gasteiger partial charge in [0.1, 0.15) is 0 Å². The molecule has 1 unspecified atom stereocenters. The van der Waals surface area contributed by atoms with Gasteiger partial charge in [0.25, 0.3) is 5.91 Å². The van der Waals surface area contributed by atoms with Gasteiger partial charge in [0, 0.05) is 6.54 Å². The van der Waals surface area contributed by atoms with E-state index in [2.05, 4.69) is 12.2 Å². The van der Waals surface area contributed by atoms with Crippen molar-refractivity contribution in [1.82, 2.24) is 5.32 Å². The van der Waals surface area contributed by atoms with E-state index < -0.39 is 0 Å². The number of rotatable bonds is 4. The van der Waals surface area contributed by atoms with Crippen LogP contribution in [0.4, 0.5) is 0 Å². The van der Waals surface area contributed by atoms with E-state index in [4.69, 9.17) is 9.47 Å². The Morgan fingerprint density at radius 2 is 2.19 bits per heavy atom. The summed E-state index contributed by atoms with van der Waals surface area (Å²) in [5, 5.41) is 3.00. The van der Waals surface area contributed by atoms with E-state index in [-0.39, 0.29) is 12.7 Å². The molecule has 0 aliphatic carbocycles. The Kier molecular flexibility index (Phi) is 4.29. The van der Waals surface area contributed by atoms with Crippen LogP contribution in [-0.2, 0) is 11.3 Å². The van der Waals surface area contributed by atoms with Crippen molar-refractivity contribution < 1.29 is 19.2 Å². The first-order chi connectivity index (χ1) is 10.2. The Balaban J connectivity index is 1.49. The van der Waals surface area contributed by atoms with Gasteiger partial charge >= 0.3 is 0 Å². The minimum absolute atomic E-state index is 0.122. The van der Waals surface area contributed by atoms with Crippen molar-refractivity contribution in [2.24, 2.45) is 0 Å². The van der Waals surface area contributed by atoms with E-state index in [1.54, 1.807) is 0 Å². The molecule has 2 aliphatic rings. The Labute approximate surface area is 125 Å². The molecule has 0 radical (unpaired) electrons. The predicted molar refractivity (Wildman–Crippen MR) is 78.4 cm³/mol. The number of nitrogens with one attached hydrogen (secondary N) is 2. The van der Waals surface area contributed by atoms with E-state index in [1.807, 2.05) is 18.2 Å². The van der Waals surface area contributed by atoms with Crippen LogP contribution in [0.3, 0.4) is 0 Å². The van der Waals surface area contributed by atoms with Crippen molar-refractivity contribution in [2.75, 3.05) is 19.9 Å². The molecule has 0 bridgehead atoms. The summed E-state index contributed by atoms with van der Waals surface area (Å²) in [7, 11) is 0. The SMILES string of the molecule is C[C@@H]1CCCC[NH+]1CC(=O)NCc1ccc2c(c1)OCO2. The molecule has 0 saturated carbocycles. The molecular formula is C16H23N2O3+. The molecule has 1 aromatic rings. The van der Waals surface area contributed by atoms with Crippen LogP contribution in [-0.4, -0.2) is 31.8 Å². The van der Waals surface area contributed by atoms with Crippen LogP contribution in [0.15, 0.2) is 18.2 Å². The number of amides is 1. The van der Waals surface area contributed by atoms with Gasteiger partial charge in [-0.25, -0.2) is 0 Å². The molecule has 2 heterocycles. The van der Waals surface area contributed by atoms with Crippen LogP contribution in [0.1, 0.15) is 31.7 Å². The lowest BCUT2D eigenvalue weighted by Gasteiger charge is -2.29. The van der Waals surface area contributed by atoms with E-state index in [0.717, 1.165) is 23.6 Å². The maximum absolute atomic E-state index is 12.1. The summed E-state index contributed by atoms with van der Waals surface area (Å²) in [5.74, 6) is 1.66. The van der Waals surface area contributed by atoms with E-state index in [1.165, 1.54) is 24.2 Å². The smallest absolute Gasteiger partial charge is 0.275 e. The highest BCUT2D eigenvalue weighted by atomic mass is 16.7. The molecule has 1 aromatic carbocycles. The van der Waals surface area contributed by atoms with Crippen LogP contribution >= 0.6 is 0 Å². The molecule has 5 heteroatoms. The van der Waals surface area contributed by atoms with Gasteiger partial charge in [-0.1, -0.05) is 6.07 Å². The lowest BCUT2D eigenvalue weighted by Crippen LogP contribution is -3.17. The Bertz CT molecular complexity index is 518. The van der Waals surface area contributed by atoms with Crippen LogP contribution < -0.4 is 19.7 Å². The standard InChI is InChI=1S/C16H22N2O3/c1-12-4-2-3-7-18(12)10-16(19)17-9-13-5-6-14-15(8-13)21-11-20-14/h5-6,8,12H,2-4,7,9-11H2,1H3,(H,17,19)/p+1/t12-/m1/s1. The maximum atomic E-state index is 12.1. The number of quaternary nitrogens is 1. The third-order valence-electron chi connectivity index (χ3n) is 4.40. The normalized spacial score (nSPS) is 23.9. The number of hydrogen-bond donors (Lipinski definition) is 2. The number of piperidine rings is 1. The van der Waals surface area contributed by atoms with Gasteiger partial charge in [-0.05, 0) is 43.9 Å². The molecule has 1 amide bonds. The molecule has 0 spiro atoms. The third-order valence-corrected chi connectivity index (χ3v) is 4.40. The fourth-order valence-electron chi connectivity index (χ4n) is 3.04. The summed E-state index contributed by atoms with van der Waals surface area (Å²) in [6.45, 7) is 4.74. The monoisotopic (exact) mass is 291 g/mol. The summed E-state index contributed by atoms with van der Waals surface area (Å²) >= 11 is 0. The maximum Gasteiger partial charge on any atom is 0.275 e. The highest BCUT2D eigenvalue weighted by molar-refractivity contribution is 5.76. The molecule has 1 fully saturated rings. The fraction of sp³-hybridized carbons (Fsp3) is 0.562. The first-order valence-electron chi connectivity index (χ1n) is 7.72. The van der Waals surface area contributed by atoms with Gasteiger partial charge < -0.3 is 19.7 Å². The number of carbonyl (C=O) groups is 1. The van der Waals surface area contributed by atoms with E-state index in [0.29, 0.717) is 19.1 Å². The van der Waals surface area contributed by atoms with Crippen molar-refractivity contribution in [3.63, 3.8) is 0 Å². The van der Waals surface area contributed by atoms with Gasteiger partial charge in [0.15, 0.2) is 18.0 Å². The number of fused-ring (bicyclic) bond motifs is 1. The molecule has 21 heavy (non-hydrogen) atoms. The number of benzene rings is 1. The topological polar surface area (TPSA) is 52.0 Å². The Morgan fingerprint density at radius 1 is 1.33 bits per heavy atom. The first kappa shape index (κ1) is 14.2. The van der Waals surface area contributed by atoms with Crippen molar-refractivity contribution >= 4 is 5.91 Å². The molecule has 5 nitrogen and oxygen atoms in total. The second-order valence-corrected chi connectivity index (χ2v) is 5.95. The van der Waals surface area contributed by atoms with Gasteiger partial charge in [-0.2, -0.15) is 0 Å². The first-order valence-corrected chi connectivity index (χ1v) is 7.72. The molecule has 114 valence electrons. The lowest BCUT2D eigenvalue weighted by atomic mass is 10.0. The molecule has 2 N–H and O–H groups in total. The second kappa shape index (κ2) is 6.35. The average molecular weight is 291 g/mol. The minimum Gasteiger partial charge on any atom is -0.454 e. The molecule has 2 aliphatic heterocycles. The van der Waals surface area contributed by atoms with E-state index >= 15 is 0 Å². The summed E-state index contributed by atoms with van der Waals surface area (Å²) in [5.41, 5.74) is 1.04. The second-order valence-electron chi connectivity index (χ2n) is 5.95. The van der Waals surface area contributed by atoms with Crippen LogP contribution in [0.25, 0.3) is 0 Å². The number of ether oxygens (including phenoxy) is 2. The van der Waals surface area contributed by atoms with Gasteiger partial charge in [0.05, 0.1) is 12.6 Å². The molecule has 3 rings (SSSR count). The van der Waals surface area contributed by atoms with Gasteiger partial charge in [0.2, 0.25) is 6.79 Å². The van der Waals surface area contributed by atoms with Crippen molar-refractivity contribution in [3.8, 4) is 11.5 Å². The average Bonchev–Trinajstić information content (AvgIpc) is 2.95. The minimum atomic E-state index is 0.122. The summed E-state index contributed by atoms with van der Waals surface area (Å²) in [6, 6.07) is 6.38. The van der Waals surface area contributed by atoms with Crippen molar-refractivity contribution in [2.45, 2.75) is 38.8 Å². The Morgan fingerprint density at radius 3 is 3.05 bits per heavy atom.